The van der Waals surface area contributed by atoms with Gasteiger partial charge in [-0.15, -0.1) is 0 Å². The van der Waals surface area contributed by atoms with Gasteiger partial charge in [0.05, 0.1) is 12.7 Å². The summed E-state index contributed by atoms with van der Waals surface area (Å²) in [7, 11) is 1.18. The summed E-state index contributed by atoms with van der Waals surface area (Å²) in [6.07, 6.45) is -4.48. The van der Waals surface area contributed by atoms with Crippen LogP contribution in [0.3, 0.4) is 0 Å². The lowest BCUT2D eigenvalue weighted by atomic mass is 10.0. The number of hydrogen-bond donors (Lipinski definition) is 0. The Kier molecular flexibility index (Phi) is 4.16. The smallest absolute Gasteiger partial charge is 0.419 e. The van der Waals surface area contributed by atoms with E-state index in [4.69, 9.17) is 27.9 Å². The summed E-state index contributed by atoms with van der Waals surface area (Å²) in [5, 5.41) is 0.721. The van der Waals surface area contributed by atoms with Crippen LogP contribution in [-0.4, -0.2) is 7.11 Å². The van der Waals surface area contributed by atoms with Crippen LogP contribution >= 0.6 is 23.2 Å². The van der Waals surface area contributed by atoms with E-state index in [0.717, 1.165) is 6.07 Å². The third-order valence-electron chi connectivity index (χ3n) is 2.76. The summed E-state index contributed by atoms with van der Waals surface area (Å²) < 4.78 is 43.2. The van der Waals surface area contributed by atoms with Crippen molar-refractivity contribution in [3.63, 3.8) is 0 Å². The van der Waals surface area contributed by atoms with Crippen molar-refractivity contribution in [2.45, 2.75) is 6.18 Å². The van der Waals surface area contributed by atoms with Crippen LogP contribution < -0.4 is 4.74 Å². The average Bonchev–Trinajstić information content (AvgIpc) is 2.37. The SMILES string of the molecule is COc1cc(-c2c(Cl)cccc2Cl)ccc1C(F)(F)F. The van der Waals surface area contributed by atoms with Crippen molar-refractivity contribution in [3.8, 4) is 16.9 Å². The summed E-state index contributed by atoms with van der Waals surface area (Å²) in [5.74, 6) is -0.272. The Morgan fingerprint density at radius 1 is 1.00 bits per heavy atom. The van der Waals surface area contributed by atoms with E-state index >= 15 is 0 Å². The highest BCUT2D eigenvalue weighted by Crippen LogP contribution is 2.41. The maximum absolute atomic E-state index is 12.8. The first kappa shape index (κ1) is 15.0. The Balaban J connectivity index is 2.61. The number of rotatable bonds is 2. The molecule has 0 spiro atoms. The third-order valence-corrected chi connectivity index (χ3v) is 3.39. The molecule has 0 N–H and O–H groups in total. The maximum Gasteiger partial charge on any atom is 0.419 e. The van der Waals surface area contributed by atoms with Crippen molar-refractivity contribution in [2.75, 3.05) is 7.11 Å². The Labute approximate surface area is 123 Å². The molecule has 2 aromatic rings. The zero-order valence-corrected chi connectivity index (χ0v) is 11.8. The van der Waals surface area contributed by atoms with Crippen LogP contribution in [0, 0.1) is 0 Å². The maximum atomic E-state index is 12.8. The van der Waals surface area contributed by atoms with Crippen molar-refractivity contribution in [1.29, 1.82) is 0 Å². The van der Waals surface area contributed by atoms with Gasteiger partial charge in [-0.25, -0.2) is 0 Å². The van der Waals surface area contributed by atoms with E-state index < -0.39 is 11.7 Å². The first-order valence-corrected chi connectivity index (χ1v) is 6.30. The summed E-state index contributed by atoms with van der Waals surface area (Å²) in [5.41, 5.74) is 0.0974. The number of ether oxygens (including phenoxy) is 1. The van der Waals surface area contributed by atoms with Crippen molar-refractivity contribution in [3.05, 3.63) is 52.0 Å². The number of alkyl halides is 3. The second kappa shape index (κ2) is 5.54. The lowest BCUT2D eigenvalue weighted by Gasteiger charge is -2.14. The molecule has 0 radical (unpaired) electrons. The predicted molar refractivity (Wildman–Crippen MR) is 73.5 cm³/mol. The summed E-state index contributed by atoms with van der Waals surface area (Å²) in [4.78, 5) is 0. The molecule has 0 aromatic heterocycles. The van der Waals surface area contributed by atoms with E-state index in [-0.39, 0.29) is 5.75 Å². The van der Waals surface area contributed by atoms with Crippen LogP contribution in [0.15, 0.2) is 36.4 Å². The predicted octanol–water partition coefficient (Wildman–Crippen LogP) is 5.69. The molecule has 0 atom stereocenters. The van der Waals surface area contributed by atoms with E-state index in [2.05, 4.69) is 0 Å². The highest BCUT2D eigenvalue weighted by molar-refractivity contribution is 6.39. The fourth-order valence-corrected chi connectivity index (χ4v) is 2.47. The van der Waals surface area contributed by atoms with Crippen LogP contribution in [0.25, 0.3) is 11.1 Å². The van der Waals surface area contributed by atoms with Crippen molar-refractivity contribution < 1.29 is 17.9 Å². The fourth-order valence-electron chi connectivity index (χ4n) is 1.85. The summed E-state index contributed by atoms with van der Waals surface area (Å²) in [6, 6.07) is 8.44. The molecular formula is C14H9Cl2F3O. The molecule has 0 heterocycles. The molecule has 0 saturated heterocycles. The molecule has 0 amide bonds. The van der Waals surface area contributed by atoms with E-state index in [1.165, 1.54) is 19.2 Å². The van der Waals surface area contributed by atoms with Gasteiger partial charge in [0.1, 0.15) is 5.75 Å². The van der Waals surface area contributed by atoms with Crippen molar-refractivity contribution in [1.82, 2.24) is 0 Å². The zero-order valence-electron chi connectivity index (χ0n) is 10.3. The van der Waals surface area contributed by atoms with Gasteiger partial charge in [-0.3, -0.25) is 0 Å². The van der Waals surface area contributed by atoms with Crippen LogP contribution in [0.4, 0.5) is 13.2 Å². The van der Waals surface area contributed by atoms with Crippen LogP contribution in [0.2, 0.25) is 10.0 Å². The molecule has 0 aliphatic carbocycles. The lowest BCUT2D eigenvalue weighted by molar-refractivity contribution is -0.138. The topological polar surface area (TPSA) is 9.23 Å². The Bertz CT molecular complexity index is 619. The van der Waals surface area contributed by atoms with Crippen molar-refractivity contribution >= 4 is 23.2 Å². The molecule has 0 unspecified atom stereocenters. The fraction of sp³-hybridized carbons (Fsp3) is 0.143. The minimum Gasteiger partial charge on any atom is -0.496 e. The molecular weight excluding hydrogens is 312 g/mol. The number of benzene rings is 2. The highest BCUT2D eigenvalue weighted by atomic mass is 35.5. The lowest BCUT2D eigenvalue weighted by Crippen LogP contribution is -2.07. The third kappa shape index (κ3) is 2.86. The monoisotopic (exact) mass is 320 g/mol. The molecule has 2 rings (SSSR count). The Morgan fingerprint density at radius 3 is 2.10 bits per heavy atom. The van der Waals surface area contributed by atoms with Gasteiger partial charge in [0.2, 0.25) is 0 Å². The van der Waals surface area contributed by atoms with Gasteiger partial charge >= 0.3 is 6.18 Å². The van der Waals surface area contributed by atoms with Gasteiger partial charge < -0.3 is 4.74 Å². The van der Waals surface area contributed by atoms with Gasteiger partial charge in [-0.05, 0) is 29.8 Å². The number of methoxy groups -OCH3 is 1. The van der Waals surface area contributed by atoms with Crippen LogP contribution in [0.1, 0.15) is 5.56 Å². The molecule has 0 fully saturated rings. The van der Waals surface area contributed by atoms with Crippen LogP contribution in [0.5, 0.6) is 5.75 Å². The molecule has 0 bridgehead atoms. The van der Waals surface area contributed by atoms with E-state index in [0.29, 0.717) is 21.2 Å². The summed E-state index contributed by atoms with van der Waals surface area (Å²) in [6.45, 7) is 0. The van der Waals surface area contributed by atoms with Gasteiger partial charge in [0, 0.05) is 15.6 Å². The first-order valence-electron chi connectivity index (χ1n) is 5.54. The second-order valence-corrected chi connectivity index (χ2v) is 4.82. The van der Waals surface area contributed by atoms with Crippen LogP contribution in [-0.2, 0) is 6.18 Å². The minimum absolute atomic E-state index is 0.272. The van der Waals surface area contributed by atoms with Gasteiger partial charge in [-0.1, -0.05) is 35.3 Å². The standard InChI is InChI=1S/C14H9Cl2F3O/c1-20-12-7-8(5-6-9(12)14(17,18)19)13-10(15)3-2-4-11(13)16/h2-7H,1H3. The quantitative estimate of drug-likeness (QED) is 0.690. The Hall–Kier alpha value is -1.39. The van der Waals surface area contributed by atoms with Gasteiger partial charge in [0.25, 0.3) is 0 Å². The van der Waals surface area contributed by atoms with Gasteiger partial charge in [0.15, 0.2) is 0 Å². The van der Waals surface area contributed by atoms with E-state index in [9.17, 15) is 13.2 Å². The normalized spacial score (nSPS) is 11.5. The van der Waals surface area contributed by atoms with E-state index in [1.807, 2.05) is 0 Å². The summed E-state index contributed by atoms with van der Waals surface area (Å²) >= 11 is 12.1. The molecule has 6 heteroatoms. The largest absolute Gasteiger partial charge is 0.496 e. The molecule has 0 aliphatic heterocycles. The molecule has 1 nitrogen and oxygen atoms in total. The molecule has 106 valence electrons. The van der Waals surface area contributed by atoms with Crippen molar-refractivity contribution in [2.24, 2.45) is 0 Å². The zero-order chi connectivity index (χ0) is 14.9. The average molecular weight is 321 g/mol. The van der Waals surface area contributed by atoms with Gasteiger partial charge in [-0.2, -0.15) is 13.2 Å². The van der Waals surface area contributed by atoms with E-state index in [1.54, 1.807) is 18.2 Å². The highest BCUT2D eigenvalue weighted by Gasteiger charge is 2.34. The Morgan fingerprint density at radius 2 is 1.60 bits per heavy atom. The molecule has 2 aromatic carbocycles. The number of halogens is 5. The second-order valence-electron chi connectivity index (χ2n) is 4.01. The molecule has 20 heavy (non-hydrogen) atoms. The molecule has 0 saturated carbocycles. The minimum atomic E-state index is -4.48. The first-order chi connectivity index (χ1) is 9.34. The number of hydrogen-bond acceptors (Lipinski definition) is 1. The molecule has 0 aliphatic rings.